The third kappa shape index (κ3) is 1.42. The molecule has 0 fully saturated rings. The fraction of sp³-hybridized carbons (Fsp3) is 0.333. The normalized spacial score (nSPS) is 12.3. The molecule has 0 spiro atoms. The van der Waals surface area contributed by atoms with E-state index in [2.05, 4.69) is 4.98 Å². The maximum absolute atomic E-state index is 12.7. The van der Waals surface area contributed by atoms with E-state index in [-0.39, 0.29) is 15.9 Å². The second kappa shape index (κ2) is 3.31. The lowest BCUT2D eigenvalue weighted by Gasteiger charge is -2.15. The zero-order valence-electron chi connectivity index (χ0n) is 8.42. The summed E-state index contributed by atoms with van der Waals surface area (Å²) in [6.45, 7) is 1.17. The summed E-state index contributed by atoms with van der Waals surface area (Å²) in [5.41, 5.74) is -0.409. The third-order valence-corrected chi connectivity index (χ3v) is 3.27. The number of halogens is 3. The maximum Gasteiger partial charge on any atom is 0.431 e. The SMILES string of the molecule is Cc1c(C(F)(F)F)n(C)c2scnc2c1=O. The van der Waals surface area contributed by atoms with Gasteiger partial charge in [-0.25, -0.2) is 4.98 Å². The van der Waals surface area contributed by atoms with Crippen LogP contribution in [0.4, 0.5) is 13.2 Å². The number of hydrogen-bond acceptors (Lipinski definition) is 3. The number of alkyl halides is 3. The molecule has 2 heterocycles. The largest absolute Gasteiger partial charge is 0.431 e. The molecule has 16 heavy (non-hydrogen) atoms. The Labute approximate surface area is 92.2 Å². The molecule has 0 radical (unpaired) electrons. The second-order valence-corrected chi connectivity index (χ2v) is 4.20. The summed E-state index contributed by atoms with van der Waals surface area (Å²) < 4.78 is 39.2. The summed E-state index contributed by atoms with van der Waals surface area (Å²) in [5.74, 6) is 0. The van der Waals surface area contributed by atoms with Crippen molar-refractivity contribution in [3.8, 4) is 0 Å². The van der Waals surface area contributed by atoms with Gasteiger partial charge in [0.05, 0.1) is 5.51 Å². The zero-order valence-corrected chi connectivity index (χ0v) is 9.24. The van der Waals surface area contributed by atoms with E-state index in [0.29, 0.717) is 0 Å². The van der Waals surface area contributed by atoms with Gasteiger partial charge in [-0.3, -0.25) is 4.79 Å². The van der Waals surface area contributed by atoms with E-state index in [4.69, 9.17) is 0 Å². The van der Waals surface area contributed by atoms with Crippen molar-refractivity contribution >= 4 is 21.7 Å². The molecule has 0 atom stereocenters. The lowest BCUT2D eigenvalue weighted by atomic mass is 10.2. The van der Waals surface area contributed by atoms with Gasteiger partial charge in [-0.2, -0.15) is 13.2 Å². The van der Waals surface area contributed by atoms with Crippen molar-refractivity contribution in [2.45, 2.75) is 13.1 Å². The van der Waals surface area contributed by atoms with Crippen LogP contribution in [0.3, 0.4) is 0 Å². The minimum absolute atomic E-state index is 0.0954. The van der Waals surface area contributed by atoms with E-state index in [1.54, 1.807) is 0 Å². The molecule has 3 nitrogen and oxygen atoms in total. The van der Waals surface area contributed by atoms with E-state index in [1.807, 2.05) is 0 Å². The van der Waals surface area contributed by atoms with Crippen LogP contribution in [-0.4, -0.2) is 9.55 Å². The van der Waals surface area contributed by atoms with Crippen molar-refractivity contribution in [1.29, 1.82) is 0 Å². The van der Waals surface area contributed by atoms with E-state index >= 15 is 0 Å². The van der Waals surface area contributed by atoms with Gasteiger partial charge in [0.25, 0.3) is 0 Å². The van der Waals surface area contributed by atoms with Crippen LogP contribution in [0.15, 0.2) is 10.3 Å². The smallest absolute Gasteiger partial charge is 0.330 e. The summed E-state index contributed by atoms with van der Waals surface area (Å²) in [6.07, 6.45) is -4.53. The Morgan fingerprint density at radius 2 is 2.06 bits per heavy atom. The van der Waals surface area contributed by atoms with Crippen LogP contribution in [0.5, 0.6) is 0 Å². The van der Waals surface area contributed by atoms with Crippen LogP contribution >= 0.6 is 11.3 Å². The van der Waals surface area contributed by atoms with Crippen LogP contribution in [0.1, 0.15) is 11.3 Å². The topological polar surface area (TPSA) is 34.9 Å². The predicted octanol–water partition coefficient (Wildman–Crippen LogP) is 2.32. The van der Waals surface area contributed by atoms with Crippen molar-refractivity contribution in [2.24, 2.45) is 7.05 Å². The van der Waals surface area contributed by atoms with Crippen molar-refractivity contribution < 1.29 is 13.2 Å². The van der Waals surface area contributed by atoms with Gasteiger partial charge in [-0.1, -0.05) is 0 Å². The first-order valence-corrected chi connectivity index (χ1v) is 5.22. The molecule has 0 aliphatic carbocycles. The molecule has 0 aromatic carbocycles. The summed E-state index contributed by atoms with van der Waals surface area (Å²) in [5, 5.41) is 0. The Morgan fingerprint density at radius 3 is 2.62 bits per heavy atom. The Balaban J connectivity index is 3.00. The minimum Gasteiger partial charge on any atom is -0.330 e. The van der Waals surface area contributed by atoms with Gasteiger partial charge in [0.1, 0.15) is 16.0 Å². The number of rotatable bonds is 0. The summed E-state index contributed by atoms with van der Waals surface area (Å²) in [4.78, 5) is 15.7. The number of hydrogen-bond donors (Lipinski definition) is 0. The number of aromatic nitrogens is 2. The molecule has 0 aliphatic heterocycles. The highest BCUT2D eigenvalue weighted by molar-refractivity contribution is 7.16. The van der Waals surface area contributed by atoms with Crippen molar-refractivity contribution in [3.63, 3.8) is 0 Å². The van der Waals surface area contributed by atoms with Crippen molar-refractivity contribution in [3.05, 3.63) is 27.0 Å². The van der Waals surface area contributed by atoms with Gasteiger partial charge < -0.3 is 4.57 Å². The second-order valence-electron chi connectivity index (χ2n) is 3.37. The summed E-state index contributed by atoms with van der Waals surface area (Å²) in [7, 11) is 1.29. The molecule has 0 saturated carbocycles. The molecule has 7 heteroatoms. The van der Waals surface area contributed by atoms with Gasteiger partial charge in [-0.05, 0) is 6.92 Å². The molecule has 0 bridgehead atoms. The Morgan fingerprint density at radius 1 is 1.44 bits per heavy atom. The molecule has 2 rings (SSSR count). The average Bonchev–Trinajstić information content (AvgIpc) is 2.61. The molecular weight excluding hydrogens is 241 g/mol. The van der Waals surface area contributed by atoms with Crippen LogP contribution in [0.2, 0.25) is 0 Å². The number of aryl methyl sites for hydroxylation is 1. The van der Waals surface area contributed by atoms with Crippen LogP contribution in [0.25, 0.3) is 10.3 Å². The molecular formula is C9H7F3N2OS. The van der Waals surface area contributed by atoms with Crippen molar-refractivity contribution in [2.75, 3.05) is 0 Å². The molecule has 0 unspecified atom stereocenters. The van der Waals surface area contributed by atoms with Gasteiger partial charge in [0, 0.05) is 12.6 Å². The van der Waals surface area contributed by atoms with Gasteiger partial charge >= 0.3 is 6.18 Å². The van der Waals surface area contributed by atoms with E-state index < -0.39 is 17.3 Å². The fourth-order valence-electron chi connectivity index (χ4n) is 1.67. The lowest BCUT2D eigenvalue weighted by Crippen LogP contribution is -2.23. The standard InChI is InChI=1S/C9H7F3N2OS/c1-4-6(15)5-8(16-3-13-5)14(2)7(4)9(10,11)12/h3H,1-2H3. The molecule has 0 N–H and O–H groups in total. The fourth-order valence-corrected chi connectivity index (χ4v) is 2.44. The Kier molecular flexibility index (Phi) is 2.30. The Hall–Kier alpha value is -1.37. The lowest BCUT2D eigenvalue weighted by molar-refractivity contribution is -0.143. The summed E-state index contributed by atoms with van der Waals surface area (Å²) >= 11 is 1.02. The first kappa shape index (κ1) is 11.1. The first-order chi connectivity index (χ1) is 7.34. The van der Waals surface area contributed by atoms with Gasteiger partial charge in [0.2, 0.25) is 5.43 Å². The van der Waals surface area contributed by atoms with Crippen LogP contribution in [0, 0.1) is 6.92 Å². The first-order valence-electron chi connectivity index (χ1n) is 4.34. The Bertz CT molecular complexity index is 611. The van der Waals surface area contributed by atoms with Crippen LogP contribution in [-0.2, 0) is 13.2 Å². The highest BCUT2D eigenvalue weighted by Gasteiger charge is 2.37. The third-order valence-electron chi connectivity index (χ3n) is 2.37. The zero-order chi connectivity index (χ0) is 12.1. The minimum atomic E-state index is -4.53. The molecule has 0 aliphatic rings. The van der Waals surface area contributed by atoms with E-state index in [9.17, 15) is 18.0 Å². The van der Waals surface area contributed by atoms with E-state index in [0.717, 1.165) is 15.9 Å². The van der Waals surface area contributed by atoms with Crippen LogP contribution < -0.4 is 5.43 Å². The van der Waals surface area contributed by atoms with Crippen molar-refractivity contribution in [1.82, 2.24) is 9.55 Å². The quantitative estimate of drug-likeness (QED) is 0.717. The maximum atomic E-state index is 12.7. The molecule has 2 aromatic heterocycles. The molecule has 86 valence electrons. The van der Waals surface area contributed by atoms with Gasteiger partial charge in [0.15, 0.2) is 0 Å². The van der Waals surface area contributed by atoms with E-state index in [1.165, 1.54) is 19.5 Å². The number of fused-ring (bicyclic) bond motifs is 1. The number of pyridine rings is 1. The highest BCUT2D eigenvalue weighted by Crippen LogP contribution is 2.32. The number of thiazole rings is 1. The molecule has 2 aromatic rings. The summed E-state index contributed by atoms with van der Waals surface area (Å²) in [6, 6.07) is 0. The highest BCUT2D eigenvalue weighted by atomic mass is 32.1. The predicted molar refractivity (Wildman–Crippen MR) is 54.6 cm³/mol. The van der Waals surface area contributed by atoms with Gasteiger partial charge in [-0.15, -0.1) is 11.3 Å². The molecule has 0 saturated heterocycles. The average molecular weight is 248 g/mol. The number of nitrogens with zero attached hydrogens (tertiary/aromatic N) is 2. The molecule has 0 amide bonds. The monoisotopic (exact) mass is 248 g/mol.